The van der Waals surface area contributed by atoms with Crippen molar-refractivity contribution in [1.29, 1.82) is 0 Å². The van der Waals surface area contributed by atoms with Gasteiger partial charge < -0.3 is 0 Å². The summed E-state index contributed by atoms with van der Waals surface area (Å²) in [4.78, 5) is 7.26. The molecule has 0 aliphatic carbocycles. The zero-order chi connectivity index (χ0) is 18.7. The molecular weight excluding hydrogens is 434 g/mol. The predicted octanol–water partition coefficient (Wildman–Crippen LogP) is 3.67. The van der Waals surface area contributed by atoms with E-state index in [-0.39, 0.29) is 0 Å². The first kappa shape index (κ1) is 19.9. The Hall–Kier alpha value is -0.800. The van der Waals surface area contributed by atoms with Crippen LogP contribution in [0.25, 0.3) is 0 Å². The standard InChI is InChI=1S/C18H24BrN3O2S2/c1-3-15-11-16(19)5-6-18(15)26(23,24)22-8-4-7-21(9-10-22)12-17-13-25-14(2)20-17/h5-6,11,13H,3-4,7-10,12H2,1-2H3. The minimum atomic E-state index is -3.46. The van der Waals surface area contributed by atoms with E-state index in [2.05, 4.69) is 31.2 Å². The van der Waals surface area contributed by atoms with E-state index in [0.29, 0.717) is 24.4 Å². The number of rotatable bonds is 5. The highest BCUT2D eigenvalue weighted by Gasteiger charge is 2.28. The molecule has 1 aromatic heterocycles. The molecule has 142 valence electrons. The Morgan fingerprint density at radius 1 is 1.23 bits per heavy atom. The van der Waals surface area contributed by atoms with Crippen molar-refractivity contribution in [3.8, 4) is 0 Å². The van der Waals surface area contributed by atoms with Crippen molar-refractivity contribution < 1.29 is 8.42 Å². The second-order valence-electron chi connectivity index (χ2n) is 6.50. The van der Waals surface area contributed by atoms with Crippen LogP contribution in [0, 0.1) is 6.92 Å². The van der Waals surface area contributed by atoms with E-state index in [4.69, 9.17) is 0 Å². The lowest BCUT2D eigenvalue weighted by Crippen LogP contribution is -2.35. The van der Waals surface area contributed by atoms with Crippen molar-refractivity contribution in [1.82, 2.24) is 14.2 Å². The van der Waals surface area contributed by atoms with E-state index in [1.165, 1.54) is 0 Å². The highest BCUT2D eigenvalue weighted by atomic mass is 79.9. The number of nitrogens with zero attached hydrogens (tertiary/aromatic N) is 3. The third-order valence-electron chi connectivity index (χ3n) is 4.62. The number of benzene rings is 1. The summed E-state index contributed by atoms with van der Waals surface area (Å²) in [5.74, 6) is 0. The van der Waals surface area contributed by atoms with E-state index in [1.807, 2.05) is 19.9 Å². The highest BCUT2D eigenvalue weighted by molar-refractivity contribution is 9.10. The average molecular weight is 458 g/mol. The van der Waals surface area contributed by atoms with Gasteiger partial charge in [0.2, 0.25) is 10.0 Å². The summed E-state index contributed by atoms with van der Waals surface area (Å²) in [7, 11) is -3.46. The van der Waals surface area contributed by atoms with Gasteiger partial charge in [-0.25, -0.2) is 13.4 Å². The van der Waals surface area contributed by atoms with E-state index in [0.717, 1.165) is 46.8 Å². The molecule has 3 rings (SSSR count). The number of aromatic nitrogens is 1. The van der Waals surface area contributed by atoms with Gasteiger partial charge in [-0.1, -0.05) is 22.9 Å². The van der Waals surface area contributed by atoms with Gasteiger partial charge in [0.1, 0.15) is 0 Å². The third kappa shape index (κ3) is 4.54. The van der Waals surface area contributed by atoms with Crippen molar-refractivity contribution in [2.24, 2.45) is 0 Å². The van der Waals surface area contributed by atoms with E-state index < -0.39 is 10.0 Å². The summed E-state index contributed by atoms with van der Waals surface area (Å²) in [6.07, 6.45) is 1.53. The summed E-state index contributed by atoms with van der Waals surface area (Å²) >= 11 is 5.09. The molecule has 1 saturated heterocycles. The molecule has 0 unspecified atom stereocenters. The van der Waals surface area contributed by atoms with E-state index >= 15 is 0 Å². The molecule has 2 heterocycles. The van der Waals surface area contributed by atoms with Crippen LogP contribution in [-0.2, 0) is 23.0 Å². The number of thiazole rings is 1. The number of halogens is 1. The number of hydrogen-bond donors (Lipinski definition) is 0. The van der Waals surface area contributed by atoms with Crippen LogP contribution in [0.2, 0.25) is 0 Å². The van der Waals surface area contributed by atoms with Crippen LogP contribution in [0.15, 0.2) is 32.9 Å². The largest absolute Gasteiger partial charge is 0.296 e. The van der Waals surface area contributed by atoms with Gasteiger partial charge in [-0.2, -0.15) is 4.31 Å². The van der Waals surface area contributed by atoms with Crippen LogP contribution in [0.5, 0.6) is 0 Å². The topological polar surface area (TPSA) is 53.5 Å². The number of hydrogen-bond acceptors (Lipinski definition) is 5. The summed E-state index contributed by atoms with van der Waals surface area (Å²) in [5.41, 5.74) is 1.93. The molecular formula is C18H24BrN3O2S2. The lowest BCUT2D eigenvalue weighted by molar-refractivity contribution is 0.276. The Morgan fingerprint density at radius 3 is 2.73 bits per heavy atom. The Kier molecular flexibility index (Phi) is 6.50. The molecule has 0 atom stereocenters. The first-order valence-corrected chi connectivity index (χ1v) is 11.9. The fourth-order valence-electron chi connectivity index (χ4n) is 3.27. The first-order chi connectivity index (χ1) is 12.4. The Balaban J connectivity index is 1.73. The van der Waals surface area contributed by atoms with Crippen LogP contribution in [0.3, 0.4) is 0 Å². The molecule has 1 aliphatic heterocycles. The molecule has 26 heavy (non-hydrogen) atoms. The molecule has 1 fully saturated rings. The first-order valence-electron chi connectivity index (χ1n) is 8.82. The second kappa shape index (κ2) is 8.48. The fraction of sp³-hybridized carbons (Fsp3) is 0.500. The number of aryl methyl sites for hydroxylation is 2. The number of sulfonamides is 1. The third-order valence-corrected chi connectivity index (χ3v) is 7.94. The Morgan fingerprint density at radius 2 is 2.04 bits per heavy atom. The SMILES string of the molecule is CCc1cc(Br)ccc1S(=O)(=O)N1CCCN(Cc2csc(C)n2)CC1. The minimum absolute atomic E-state index is 0.437. The fourth-order valence-corrected chi connectivity index (χ4v) is 6.03. The quantitative estimate of drug-likeness (QED) is 0.686. The summed E-state index contributed by atoms with van der Waals surface area (Å²) in [6.45, 7) is 7.49. The van der Waals surface area contributed by atoms with Gasteiger partial charge in [-0.15, -0.1) is 11.3 Å². The highest BCUT2D eigenvalue weighted by Crippen LogP contribution is 2.25. The molecule has 5 nitrogen and oxygen atoms in total. The van der Waals surface area contributed by atoms with Gasteiger partial charge in [-0.3, -0.25) is 4.90 Å². The molecule has 0 saturated carbocycles. The van der Waals surface area contributed by atoms with Crippen molar-refractivity contribution >= 4 is 37.3 Å². The molecule has 0 radical (unpaired) electrons. The van der Waals surface area contributed by atoms with Crippen LogP contribution in [-0.4, -0.2) is 48.8 Å². The van der Waals surface area contributed by atoms with Gasteiger partial charge in [0.25, 0.3) is 0 Å². The zero-order valence-corrected chi connectivity index (χ0v) is 18.3. The van der Waals surface area contributed by atoms with Gasteiger partial charge in [0.05, 0.1) is 15.6 Å². The van der Waals surface area contributed by atoms with Gasteiger partial charge in [0.15, 0.2) is 0 Å². The summed E-state index contributed by atoms with van der Waals surface area (Å²) in [5, 5.41) is 3.16. The smallest absolute Gasteiger partial charge is 0.243 e. The lowest BCUT2D eigenvalue weighted by atomic mass is 10.2. The average Bonchev–Trinajstić information content (AvgIpc) is 2.86. The van der Waals surface area contributed by atoms with Crippen LogP contribution in [0.1, 0.15) is 29.6 Å². The maximum absolute atomic E-state index is 13.2. The minimum Gasteiger partial charge on any atom is -0.296 e. The monoisotopic (exact) mass is 457 g/mol. The predicted molar refractivity (Wildman–Crippen MR) is 109 cm³/mol. The summed E-state index contributed by atoms with van der Waals surface area (Å²) in [6, 6.07) is 5.43. The van der Waals surface area contributed by atoms with Gasteiger partial charge in [0, 0.05) is 36.0 Å². The van der Waals surface area contributed by atoms with E-state index in [1.54, 1.807) is 27.8 Å². The van der Waals surface area contributed by atoms with Crippen LogP contribution in [0.4, 0.5) is 0 Å². The normalized spacial score (nSPS) is 17.3. The Bertz CT molecular complexity index is 867. The maximum Gasteiger partial charge on any atom is 0.243 e. The molecule has 1 aliphatic rings. The van der Waals surface area contributed by atoms with Gasteiger partial charge >= 0.3 is 0 Å². The molecule has 0 bridgehead atoms. The lowest BCUT2D eigenvalue weighted by Gasteiger charge is -2.22. The van der Waals surface area contributed by atoms with Crippen molar-refractivity contribution in [3.63, 3.8) is 0 Å². The van der Waals surface area contributed by atoms with Crippen LogP contribution >= 0.6 is 27.3 Å². The van der Waals surface area contributed by atoms with Crippen LogP contribution < -0.4 is 0 Å². The molecule has 2 aromatic rings. The van der Waals surface area contributed by atoms with E-state index in [9.17, 15) is 8.42 Å². The second-order valence-corrected chi connectivity index (χ2v) is 10.4. The summed E-state index contributed by atoms with van der Waals surface area (Å²) < 4.78 is 28.9. The van der Waals surface area contributed by atoms with Gasteiger partial charge in [-0.05, 0) is 50.1 Å². The molecule has 0 N–H and O–H groups in total. The van der Waals surface area contributed by atoms with Crippen molar-refractivity contribution in [2.75, 3.05) is 26.2 Å². The molecule has 0 spiro atoms. The molecule has 0 amide bonds. The molecule has 8 heteroatoms. The Labute approximate surface area is 168 Å². The molecule has 1 aromatic carbocycles. The van der Waals surface area contributed by atoms with Crippen molar-refractivity contribution in [2.45, 2.75) is 38.1 Å². The zero-order valence-electron chi connectivity index (χ0n) is 15.1. The van der Waals surface area contributed by atoms with Crippen molar-refractivity contribution in [3.05, 3.63) is 44.3 Å². The maximum atomic E-state index is 13.2.